The van der Waals surface area contributed by atoms with Crippen molar-refractivity contribution in [1.29, 1.82) is 0 Å². The van der Waals surface area contributed by atoms with Crippen molar-refractivity contribution < 1.29 is 9.53 Å². The Morgan fingerprint density at radius 2 is 2.19 bits per heavy atom. The minimum atomic E-state index is -0.429. The highest BCUT2D eigenvalue weighted by atomic mass is 16.6. The minimum Gasteiger partial charge on any atom is -0.444 e. The highest BCUT2D eigenvalue weighted by Crippen LogP contribution is 2.28. The van der Waals surface area contributed by atoms with Crippen LogP contribution in [0.4, 0.5) is 4.79 Å². The minimum absolute atomic E-state index is 0.198. The summed E-state index contributed by atoms with van der Waals surface area (Å²) in [6, 6.07) is 8.61. The van der Waals surface area contributed by atoms with E-state index in [0.717, 1.165) is 26.1 Å². The molecule has 0 spiro atoms. The normalized spacial score (nSPS) is 18.9. The van der Waals surface area contributed by atoms with Crippen LogP contribution in [0.15, 0.2) is 24.3 Å². The largest absolute Gasteiger partial charge is 0.444 e. The molecular formula is C17H26N2O2. The number of hydrogen-bond donors (Lipinski definition) is 1. The van der Waals surface area contributed by atoms with Gasteiger partial charge in [-0.25, -0.2) is 4.79 Å². The molecule has 1 aliphatic rings. The van der Waals surface area contributed by atoms with Crippen molar-refractivity contribution in [2.75, 3.05) is 20.1 Å². The molecule has 1 atom stereocenters. The summed E-state index contributed by atoms with van der Waals surface area (Å²) < 4.78 is 5.45. The van der Waals surface area contributed by atoms with Gasteiger partial charge in [-0.2, -0.15) is 0 Å². The van der Waals surface area contributed by atoms with Gasteiger partial charge in [0.15, 0.2) is 0 Å². The summed E-state index contributed by atoms with van der Waals surface area (Å²) in [6.07, 6.45) is 0.804. The topological polar surface area (TPSA) is 41.6 Å². The first kappa shape index (κ1) is 15.8. The van der Waals surface area contributed by atoms with Gasteiger partial charge in [-0.3, -0.25) is 0 Å². The Kier molecular flexibility index (Phi) is 4.88. The first-order chi connectivity index (χ1) is 9.89. The SMILES string of the molecule is CNCc1cccc(C2CCN(C(=O)OC(C)(C)C)C2)c1. The molecule has 0 radical (unpaired) electrons. The number of nitrogens with one attached hydrogen (secondary N) is 1. The fourth-order valence-electron chi connectivity index (χ4n) is 2.69. The molecule has 116 valence electrons. The van der Waals surface area contributed by atoms with E-state index < -0.39 is 5.60 Å². The van der Waals surface area contributed by atoms with Crippen LogP contribution in [-0.2, 0) is 11.3 Å². The summed E-state index contributed by atoms with van der Waals surface area (Å²) in [5.74, 6) is 0.411. The molecule has 0 aromatic heterocycles. The number of likely N-dealkylation sites (tertiary alicyclic amines) is 1. The maximum atomic E-state index is 12.1. The first-order valence-electron chi connectivity index (χ1n) is 7.60. The molecule has 1 aliphatic heterocycles. The number of amides is 1. The third-order valence-corrected chi connectivity index (χ3v) is 3.64. The van der Waals surface area contributed by atoms with Gasteiger partial charge in [0.05, 0.1) is 0 Å². The zero-order valence-corrected chi connectivity index (χ0v) is 13.5. The van der Waals surface area contributed by atoms with Crippen LogP contribution in [0.3, 0.4) is 0 Å². The molecule has 1 aromatic carbocycles. The highest BCUT2D eigenvalue weighted by Gasteiger charge is 2.30. The molecule has 0 saturated carbocycles. The Balaban J connectivity index is 1.99. The maximum Gasteiger partial charge on any atom is 0.410 e. The summed E-state index contributed by atoms with van der Waals surface area (Å²) in [5, 5.41) is 3.17. The van der Waals surface area contributed by atoms with Crippen LogP contribution in [0.1, 0.15) is 44.2 Å². The van der Waals surface area contributed by atoms with Crippen LogP contribution in [-0.4, -0.2) is 36.7 Å². The predicted octanol–water partition coefficient (Wildman–Crippen LogP) is 3.13. The molecule has 1 fully saturated rings. The van der Waals surface area contributed by atoms with Gasteiger partial charge in [-0.05, 0) is 45.4 Å². The van der Waals surface area contributed by atoms with E-state index in [1.807, 2.05) is 32.7 Å². The average molecular weight is 290 g/mol. The number of nitrogens with zero attached hydrogens (tertiary/aromatic N) is 1. The third kappa shape index (κ3) is 4.46. The van der Waals surface area contributed by atoms with Gasteiger partial charge in [0.1, 0.15) is 5.60 Å². The molecule has 1 unspecified atom stereocenters. The summed E-state index contributed by atoms with van der Waals surface area (Å²) >= 11 is 0. The summed E-state index contributed by atoms with van der Waals surface area (Å²) in [5.41, 5.74) is 2.17. The average Bonchev–Trinajstić information content (AvgIpc) is 2.87. The van der Waals surface area contributed by atoms with E-state index in [1.54, 1.807) is 0 Å². The van der Waals surface area contributed by atoms with Crippen molar-refractivity contribution in [3.05, 3.63) is 35.4 Å². The van der Waals surface area contributed by atoms with E-state index in [-0.39, 0.29) is 6.09 Å². The molecule has 0 bridgehead atoms. The van der Waals surface area contributed by atoms with Gasteiger partial charge >= 0.3 is 6.09 Å². The molecule has 4 nitrogen and oxygen atoms in total. The fourth-order valence-corrected chi connectivity index (χ4v) is 2.69. The van der Waals surface area contributed by atoms with Gasteiger partial charge in [0.25, 0.3) is 0 Å². The lowest BCUT2D eigenvalue weighted by molar-refractivity contribution is 0.0292. The van der Waals surface area contributed by atoms with E-state index in [0.29, 0.717) is 5.92 Å². The molecule has 21 heavy (non-hydrogen) atoms. The Hall–Kier alpha value is -1.55. The van der Waals surface area contributed by atoms with Gasteiger partial charge in [-0.1, -0.05) is 24.3 Å². The molecular weight excluding hydrogens is 264 g/mol. The number of carbonyl (C=O) groups excluding carboxylic acids is 1. The van der Waals surface area contributed by atoms with Crippen LogP contribution in [0.25, 0.3) is 0 Å². The third-order valence-electron chi connectivity index (χ3n) is 3.64. The van der Waals surface area contributed by atoms with E-state index >= 15 is 0 Å². The molecule has 1 N–H and O–H groups in total. The highest BCUT2D eigenvalue weighted by molar-refractivity contribution is 5.68. The first-order valence-corrected chi connectivity index (χ1v) is 7.60. The molecule has 4 heteroatoms. The number of rotatable bonds is 3. The van der Waals surface area contributed by atoms with Crippen molar-refractivity contribution in [2.24, 2.45) is 0 Å². The summed E-state index contributed by atoms with van der Waals surface area (Å²) in [6.45, 7) is 8.10. The Bertz CT molecular complexity index is 494. The van der Waals surface area contributed by atoms with Crippen molar-refractivity contribution >= 4 is 6.09 Å². The molecule has 1 saturated heterocycles. The maximum absolute atomic E-state index is 12.1. The van der Waals surface area contributed by atoms with Crippen LogP contribution < -0.4 is 5.32 Å². The second kappa shape index (κ2) is 6.48. The van der Waals surface area contributed by atoms with Crippen LogP contribution in [0, 0.1) is 0 Å². The molecule has 2 rings (SSSR count). The Morgan fingerprint density at radius 3 is 2.86 bits per heavy atom. The zero-order valence-electron chi connectivity index (χ0n) is 13.5. The lowest BCUT2D eigenvalue weighted by atomic mass is 9.96. The molecule has 1 amide bonds. The van der Waals surface area contributed by atoms with Gasteiger partial charge in [0, 0.05) is 25.6 Å². The second-order valence-electron chi connectivity index (χ2n) is 6.69. The van der Waals surface area contributed by atoms with Gasteiger partial charge in [-0.15, -0.1) is 0 Å². The standard InChI is InChI=1S/C17H26N2O2/c1-17(2,3)21-16(20)19-9-8-15(12-19)14-7-5-6-13(10-14)11-18-4/h5-7,10,15,18H,8-9,11-12H2,1-4H3. The van der Waals surface area contributed by atoms with E-state index in [4.69, 9.17) is 4.74 Å². The van der Waals surface area contributed by atoms with E-state index in [2.05, 4.69) is 29.6 Å². The Morgan fingerprint density at radius 1 is 1.43 bits per heavy atom. The Labute approximate surface area is 127 Å². The van der Waals surface area contributed by atoms with Gasteiger partial charge < -0.3 is 15.0 Å². The van der Waals surface area contributed by atoms with Gasteiger partial charge in [0.2, 0.25) is 0 Å². The number of ether oxygens (including phenoxy) is 1. The lowest BCUT2D eigenvalue weighted by Gasteiger charge is -2.24. The number of hydrogen-bond acceptors (Lipinski definition) is 3. The number of benzene rings is 1. The van der Waals surface area contributed by atoms with Crippen molar-refractivity contribution in [1.82, 2.24) is 10.2 Å². The summed E-state index contributed by atoms with van der Waals surface area (Å²) in [4.78, 5) is 13.9. The zero-order chi connectivity index (χ0) is 15.5. The van der Waals surface area contributed by atoms with Crippen molar-refractivity contribution in [2.45, 2.75) is 45.3 Å². The molecule has 0 aliphatic carbocycles. The smallest absolute Gasteiger partial charge is 0.410 e. The molecule has 1 aromatic rings. The second-order valence-corrected chi connectivity index (χ2v) is 6.69. The lowest BCUT2D eigenvalue weighted by Crippen LogP contribution is -2.35. The van der Waals surface area contributed by atoms with E-state index in [1.165, 1.54) is 11.1 Å². The van der Waals surface area contributed by atoms with Crippen LogP contribution in [0.2, 0.25) is 0 Å². The van der Waals surface area contributed by atoms with Crippen LogP contribution in [0.5, 0.6) is 0 Å². The molecule has 1 heterocycles. The predicted molar refractivity (Wildman–Crippen MR) is 84.4 cm³/mol. The van der Waals surface area contributed by atoms with Crippen LogP contribution >= 0.6 is 0 Å². The van der Waals surface area contributed by atoms with Crippen molar-refractivity contribution in [3.63, 3.8) is 0 Å². The number of carbonyl (C=O) groups is 1. The summed E-state index contributed by atoms with van der Waals surface area (Å²) in [7, 11) is 1.95. The fraction of sp³-hybridized carbons (Fsp3) is 0.588. The quantitative estimate of drug-likeness (QED) is 0.930. The monoisotopic (exact) mass is 290 g/mol. The van der Waals surface area contributed by atoms with E-state index in [9.17, 15) is 4.79 Å². The van der Waals surface area contributed by atoms with Crippen molar-refractivity contribution in [3.8, 4) is 0 Å².